The number of anilines is 1. The van der Waals surface area contributed by atoms with Crippen LogP contribution in [0.1, 0.15) is 16.9 Å². The van der Waals surface area contributed by atoms with Gasteiger partial charge in [0.2, 0.25) is 0 Å². The Kier molecular flexibility index (Phi) is 9.08. The molecule has 0 unspecified atom stereocenters. The molecule has 4 aromatic rings. The van der Waals surface area contributed by atoms with Crippen LogP contribution in [0, 0.1) is 0 Å². The monoisotopic (exact) mass is 610 g/mol. The van der Waals surface area contributed by atoms with Gasteiger partial charge >= 0.3 is 13.8 Å². The molecule has 4 aromatic carbocycles. The van der Waals surface area contributed by atoms with E-state index in [2.05, 4.69) is 10.6 Å². The maximum atomic E-state index is 14.6. The molecule has 0 bridgehead atoms. The lowest BCUT2D eigenvalue weighted by Crippen LogP contribution is -2.34. The van der Waals surface area contributed by atoms with Crippen LogP contribution in [0.2, 0.25) is 10.0 Å². The highest BCUT2D eigenvalue weighted by molar-refractivity contribution is 7.80. The van der Waals surface area contributed by atoms with E-state index in [1.165, 1.54) is 0 Å². The Labute approximate surface area is 238 Å². The second kappa shape index (κ2) is 12.3. The van der Waals surface area contributed by atoms with Gasteiger partial charge in [-0.15, -0.1) is 0 Å². The summed E-state index contributed by atoms with van der Waals surface area (Å²) in [5.41, 5.74) is -0.590. The molecule has 202 valence electrons. The van der Waals surface area contributed by atoms with Gasteiger partial charge < -0.3 is 19.7 Å². The van der Waals surface area contributed by atoms with Gasteiger partial charge in [-0.2, -0.15) is 13.2 Å². The highest BCUT2D eigenvalue weighted by atomic mass is 35.5. The smallest absolute Gasteiger partial charge is 0.414 e. The summed E-state index contributed by atoms with van der Waals surface area (Å²) in [7, 11) is -4.21. The van der Waals surface area contributed by atoms with Gasteiger partial charge in [0.15, 0.2) is 10.9 Å². The van der Waals surface area contributed by atoms with Gasteiger partial charge in [0.25, 0.3) is 0 Å². The fourth-order valence-electron chi connectivity index (χ4n) is 3.45. The zero-order chi connectivity index (χ0) is 28.0. The Balaban J connectivity index is 1.72. The fourth-order valence-corrected chi connectivity index (χ4v) is 5.96. The van der Waals surface area contributed by atoms with E-state index in [1.807, 2.05) is 0 Å². The SMILES string of the molecule is O=P(Oc1ccccc1)(Oc1ccccc1)[C@H](NC(=S)Nc1cc(C(F)(F)F)ccc1Cl)c1ccc(Cl)cc1. The Morgan fingerprint density at radius 3 is 1.87 bits per heavy atom. The number of benzene rings is 4. The van der Waals surface area contributed by atoms with E-state index in [0.29, 0.717) is 10.6 Å². The van der Waals surface area contributed by atoms with E-state index < -0.39 is 25.1 Å². The third-order valence-electron chi connectivity index (χ3n) is 5.26. The van der Waals surface area contributed by atoms with Gasteiger partial charge in [-0.1, -0.05) is 71.7 Å². The zero-order valence-corrected chi connectivity index (χ0v) is 23.1. The molecular formula is C27H20Cl2F3N2O3PS. The molecule has 4 rings (SSSR count). The number of alkyl halides is 3. The standard InChI is InChI=1S/C27H20Cl2F3N2O3PS/c28-20-14-11-18(12-15-20)25(34-26(39)33-24-17-19(27(30,31)32)13-16-23(24)29)38(35,36-21-7-3-1-4-8-21)37-22-9-5-2-6-10-22/h1-17,25H,(H2,33,34,39)/t25-/m0/s1. The zero-order valence-electron chi connectivity index (χ0n) is 19.9. The molecule has 0 radical (unpaired) electrons. The third-order valence-corrected chi connectivity index (χ3v) is 8.06. The molecule has 0 heterocycles. The second-order valence-corrected chi connectivity index (χ2v) is 11.3. The summed E-state index contributed by atoms with van der Waals surface area (Å²) < 4.78 is 66.3. The molecule has 0 spiro atoms. The van der Waals surface area contributed by atoms with Crippen LogP contribution < -0.4 is 19.7 Å². The number of thiocarbonyl (C=S) groups is 1. The van der Waals surface area contributed by atoms with Crippen LogP contribution >= 0.6 is 43.0 Å². The third kappa shape index (κ3) is 7.67. The lowest BCUT2D eigenvalue weighted by Gasteiger charge is -2.29. The van der Waals surface area contributed by atoms with Crippen LogP contribution in [-0.2, 0) is 10.7 Å². The van der Waals surface area contributed by atoms with Crippen molar-refractivity contribution in [2.75, 3.05) is 5.32 Å². The Hall–Kier alpha value is -3.23. The maximum absolute atomic E-state index is 14.6. The van der Waals surface area contributed by atoms with Crippen molar-refractivity contribution < 1.29 is 26.8 Å². The summed E-state index contributed by atoms with van der Waals surface area (Å²) >= 11 is 17.6. The molecule has 0 aliphatic heterocycles. The molecule has 0 aliphatic rings. The van der Waals surface area contributed by atoms with Crippen molar-refractivity contribution in [3.05, 3.63) is 124 Å². The van der Waals surface area contributed by atoms with E-state index in [9.17, 15) is 17.7 Å². The number of halogens is 5. The van der Waals surface area contributed by atoms with Crippen LogP contribution in [0.5, 0.6) is 11.5 Å². The highest BCUT2D eigenvalue weighted by Gasteiger charge is 2.41. The largest absolute Gasteiger partial charge is 0.457 e. The van der Waals surface area contributed by atoms with Crippen LogP contribution in [-0.4, -0.2) is 5.11 Å². The predicted molar refractivity (Wildman–Crippen MR) is 152 cm³/mol. The van der Waals surface area contributed by atoms with E-state index in [-0.39, 0.29) is 27.3 Å². The lowest BCUT2D eigenvalue weighted by atomic mass is 10.2. The first-order valence-electron chi connectivity index (χ1n) is 11.3. The van der Waals surface area contributed by atoms with Gasteiger partial charge in [0.1, 0.15) is 11.5 Å². The number of rotatable bonds is 8. The average Bonchev–Trinajstić information content (AvgIpc) is 2.89. The molecule has 0 amide bonds. The normalized spacial score (nSPS) is 12.3. The van der Waals surface area contributed by atoms with Gasteiger partial charge in [-0.3, -0.25) is 0 Å². The molecule has 0 saturated carbocycles. The van der Waals surface area contributed by atoms with Crippen LogP contribution in [0.25, 0.3) is 0 Å². The van der Waals surface area contributed by atoms with Crippen LogP contribution in [0.3, 0.4) is 0 Å². The Morgan fingerprint density at radius 1 is 0.821 bits per heavy atom. The molecule has 1 atom stereocenters. The van der Waals surface area contributed by atoms with E-state index >= 15 is 0 Å². The summed E-state index contributed by atoms with van der Waals surface area (Å²) in [6, 6.07) is 26.0. The van der Waals surface area contributed by atoms with E-state index in [4.69, 9.17) is 44.5 Å². The average molecular weight is 611 g/mol. The molecule has 0 saturated heterocycles. The van der Waals surface area contributed by atoms with E-state index in [1.54, 1.807) is 84.9 Å². The van der Waals surface area contributed by atoms with Gasteiger partial charge in [0, 0.05) is 5.02 Å². The molecular weight excluding hydrogens is 591 g/mol. The van der Waals surface area contributed by atoms with Crippen molar-refractivity contribution in [2.24, 2.45) is 0 Å². The van der Waals surface area contributed by atoms with E-state index in [0.717, 1.165) is 18.2 Å². The Morgan fingerprint density at radius 2 is 1.36 bits per heavy atom. The lowest BCUT2D eigenvalue weighted by molar-refractivity contribution is -0.137. The summed E-state index contributed by atoms with van der Waals surface area (Å²) in [5, 5.41) is 5.81. The van der Waals surface area contributed by atoms with Crippen molar-refractivity contribution in [3.8, 4) is 11.5 Å². The van der Waals surface area contributed by atoms with Crippen molar-refractivity contribution in [1.82, 2.24) is 5.32 Å². The maximum Gasteiger partial charge on any atom is 0.457 e. The first kappa shape index (κ1) is 28.8. The molecule has 5 nitrogen and oxygen atoms in total. The molecule has 0 aliphatic carbocycles. The quantitative estimate of drug-likeness (QED) is 0.153. The fraction of sp³-hybridized carbons (Fsp3) is 0.0741. The van der Waals surface area contributed by atoms with Crippen LogP contribution in [0.4, 0.5) is 18.9 Å². The Bertz CT molecular complexity index is 1430. The van der Waals surface area contributed by atoms with Crippen molar-refractivity contribution in [2.45, 2.75) is 12.0 Å². The minimum absolute atomic E-state index is 0.000512. The van der Waals surface area contributed by atoms with Gasteiger partial charge in [-0.25, -0.2) is 4.57 Å². The summed E-state index contributed by atoms with van der Waals surface area (Å²) in [6.07, 6.45) is -4.59. The highest BCUT2D eigenvalue weighted by Crippen LogP contribution is 2.59. The molecule has 0 aromatic heterocycles. The van der Waals surface area contributed by atoms with Gasteiger partial charge in [-0.05, 0) is 72.4 Å². The molecule has 39 heavy (non-hydrogen) atoms. The van der Waals surface area contributed by atoms with Crippen molar-refractivity contribution in [3.63, 3.8) is 0 Å². The molecule has 0 fully saturated rings. The first-order chi connectivity index (χ1) is 18.5. The number of hydrogen-bond donors (Lipinski definition) is 2. The van der Waals surface area contributed by atoms with Crippen molar-refractivity contribution >= 4 is 53.8 Å². The number of nitrogens with one attached hydrogen (secondary N) is 2. The van der Waals surface area contributed by atoms with Crippen molar-refractivity contribution in [1.29, 1.82) is 0 Å². The molecule has 12 heteroatoms. The number of hydrogen-bond acceptors (Lipinski definition) is 4. The first-order valence-corrected chi connectivity index (χ1v) is 14.1. The summed E-state index contributed by atoms with van der Waals surface area (Å²) in [6.45, 7) is 0. The summed E-state index contributed by atoms with van der Waals surface area (Å²) in [5.74, 6) is -0.700. The van der Waals surface area contributed by atoms with Gasteiger partial charge in [0.05, 0.1) is 16.3 Å². The van der Waals surface area contributed by atoms with Crippen LogP contribution in [0.15, 0.2) is 103 Å². The minimum Gasteiger partial charge on any atom is -0.414 e. The summed E-state index contributed by atoms with van der Waals surface area (Å²) in [4.78, 5) is 0. The second-order valence-electron chi connectivity index (χ2n) is 8.09. The topological polar surface area (TPSA) is 59.6 Å². The predicted octanol–water partition coefficient (Wildman–Crippen LogP) is 9.35. The molecule has 2 N–H and O–H groups in total. The minimum atomic E-state index is -4.59. The number of para-hydroxylation sites is 2.